The van der Waals surface area contributed by atoms with Crippen LogP contribution in [0.4, 0.5) is 4.39 Å². The van der Waals surface area contributed by atoms with Crippen LogP contribution in [0.5, 0.6) is 0 Å². The van der Waals surface area contributed by atoms with Gasteiger partial charge in [0, 0.05) is 13.1 Å². The number of hydrogen-bond acceptors (Lipinski definition) is 2. The summed E-state index contributed by atoms with van der Waals surface area (Å²) in [5.41, 5.74) is 1.67. The molecule has 0 bridgehead atoms. The fraction of sp³-hybridized carbons (Fsp3) is 0.263. The number of carbonyl (C=O) groups excluding carboxylic acids is 2. The van der Waals surface area contributed by atoms with E-state index in [-0.39, 0.29) is 30.7 Å². The molecule has 1 saturated heterocycles. The topological polar surface area (TPSA) is 40.6 Å². The van der Waals surface area contributed by atoms with Gasteiger partial charge in [0.25, 0.3) is 0 Å². The van der Waals surface area contributed by atoms with E-state index in [1.54, 1.807) is 24.0 Å². The molecule has 4 nitrogen and oxygen atoms in total. The number of rotatable bonds is 4. The molecule has 0 spiro atoms. The maximum Gasteiger partial charge on any atom is 0.245 e. The Kier molecular flexibility index (Phi) is 4.60. The van der Waals surface area contributed by atoms with E-state index in [9.17, 15) is 14.0 Å². The lowest BCUT2D eigenvalue weighted by Gasteiger charge is -2.38. The van der Waals surface area contributed by atoms with Gasteiger partial charge in [-0.3, -0.25) is 9.59 Å². The van der Waals surface area contributed by atoms with Gasteiger partial charge in [0.2, 0.25) is 11.8 Å². The number of benzene rings is 2. The average molecular weight is 326 g/mol. The second-order valence-corrected chi connectivity index (χ2v) is 6.01. The van der Waals surface area contributed by atoms with Gasteiger partial charge in [-0.2, -0.15) is 0 Å². The van der Waals surface area contributed by atoms with Crippen LogP contribution in [0.2, 0.25) is 0 Å². The second-order valence-electron chi connectivity index (χ2n) is 6.01. The van der Waals surface area contributed by atoms with Crippen LogP contribution in [0.1, 0.15) is 18.1 Å². The van der Waals surface area contributed by atoms with E-state index in [1.807, 2.05) is 30.3 Å². The van der Waals surface area contributed by atoms with Crippen molar-refractivity contribution in [2.24, 2.45) is 0 Å². The molecular weight excluding hydrogens is 307 g/mol. The lowest BCUT2D eigenvalue weighted by atomic mass is 10.1. The van der Waals surface area contributed by atoms with Crippen molar-refractivity contribution in [3.8, 4) is 0 Å². The highest BCUT2D eigenvalue weighted by atomic mass is 19.1. The third-order valence-electron chi connectivity index (χ3n) is 4.24. The third-order valence-corrected chi connectivity index (χ3v) is 4.24. The monoisotopic (exact) mass is 326 g/mol. The molecule has 2 amide bonds. The summed E-state index contributed by atoms with van der Waals surface area (Å²) in [6.45, 7) is 2.43. The molecule has 1 atom stereocenters. The van der Waals surface area contributed by atoms with Crippen LogP contribution in [0.15, 0.2) is 54.6 Å². The van der Waals surface area contributed by atoms with Gasteiger partial charge in [0.15, 0.2) is 0 Å². The molecule has 1 heterocycles. The molecule has 2 aromatic rings. The van der Waals surface area contributed by atoms with E-state index in [1.165, 1.54) is 17.0 Å². The summed E-state index contributed by atoms with van der Waals surface area (Å²) in [4.78, 5) is 28.2. The van der Waals surface area contributed by atoms with Gasteiger partial charge in [-0.25, -0.2) is 4.39 Å². The van der Waals surface area contributed by atoms with Gasteiger partial charge in [-0.05, 0) is 30.2 Å². The highest BCUT2D eigenvalue weighted by Crippen LogP contribution is 2.18. The van der Waals surface area contributed by atoms with Crippen LogP contribution < -0.4 is 0 Å². The molecule has 0 radical (unpaired) electrons. The van der Waals surface area contributed by atoms with Crippen molar-refractivity contribution in [1.82, 2.24) is 9.80 Å². The van der Waals surface area contributed by atoms with Gasteiger partial charge in [0.05, 0.1) is 0 Å². The van der Waals surface area contributed by atoms with Gasteiger partial charge in [-0.1, -0.05) is 42.5 Å². The standard InChI is InChI=1S/C19H19FN2O2/c1-14-19(24)21(11-15-6-3-2-4-7-15)13-18(23)22(14)12-16-8-5-9-17(20)10-16/h2-10,14H,11-13H2,1H3/t14-/m0/s1. The minimum atomic E-state index is -0.557. The average Bonchev–Trinajstić information content (AvgIpc) is 2.57. The van der Waals surface area contributed by atoms with E-state index in [4.69, 9.17) is 0 Å². The predicted octanol–water partition coefficient (Wildman–Crippen LogP) is 2.59. The SMILES string of the molecule is C[C@H]1C(=O)N(Cc2ccccc2)CC(=O)N1Cc1cccc(F)c1. The quantitative estimate of drug-likeness (QED) is 0.866. The summed E-state index contributed by atoms with van der Waals surface area (Å²) in [6, 6.07) is 15.1. The zero-order valence-corrected chi connectivity index (χ0v) is 13.5. The third kappa shape index (κ3) is 3.45. The van der Waals surface area contributed by atoms with Crippen LogP contribution in [0.25, 0.3) is 0 Å². The van der Waals surface area contributed by atoms with Crippen LogP contribution in [-0.4, -0.2) is 34.2 Å². The zero-order valence-electron chi connectivity index (χ0n) is 13.5. The van der Waals surface area contributed by atoms with Crippen molar-refractivity contribution in [3.05, 3.63) is 71.5 Å². The number of nitrogens with zero attached hydrogens (tertiary/aromatic N) is 2. The maximum atomic E-state index is 13.3. The summed E-state index contributed by atoms with van der Waals surface area (Å²) in [5.74, 6) is -0.557. The Bertz CT molecular complexity index is 748. The summed E-state index contributed by atoms with van der Waals surface area (Å²) >= 11 is 0. The highest BCUT2D eigenvalue weighted by Gasteiger charge is 2.36. The molecule has 0 N–H and O–H groups in total. The Morgan fingerprint density at radius 2 is 1.71 bits per heavy atom. The van der Waals surface area contributed by atoms with E-state index >= 15 is 0 Å². The Hall–Kier alpha value is -2.69. The van der Waals surface area contributed by atoms with Crippen LogP contribution in [0, 0.1) is 5.82 Å². The van der Waals surface area contributed by atoms with Crippen molar-refractivity contribution >= 4 is 11.8 Å². The fourth-order valence-corrected chi connectivity index (χ4v) is 2.94. The van der Waals surface area contributed by atoms with Crippen molar-refractivity contribution in [1.29, 1.82) is 0 Å². The predicted molar refractivity (Wildman–Crippen MR) is 88.3 cm³/mol. The number of carbonyl (C=O) groups is 2. The first-order valence-corrected chi connectivity index (χ1v) is 7.91. The molecule has 0 aliphatic carbocycles. The Morgan fingerprint density at radius 3 is 2.42 bits per heavy atom. The highest BCUT2D eigenvalue weighted by molar-refractivity contribution is 5.94. The van der Waals surface area contributed by atoms with E-state index in [2.05, 4.69) is 0 Å². The molecule has 0 aromatic heterocycles. The lowest BCUT2D eigenvalue weighted by Crippen LogP contribution is -2.57. The lowest BCUT2D eigenvalue weighted by molar-refractivity contribution is -0.156. The zero-order chi connectivity index (χ0) is 17.1. The molecule has 1 fully saturated rings. The Morgan fingerprint density at radius 1 is 1.00 bits per heavy atom. The molecule has 24 heavy (non-hydrogen) atoms. The minimum absolute atomic E-state index is 0.0490. The van der Waals surface area contributed by atoms with Gasteiger partial charge >= 0.3 is 0 Å². The van der Waals surface area contributed by atoms with E-state index in [0.29, 0.717) is 12.1 Å². The number of hydrogen-bond donors (Lipinski definition) is 0. The smallest absolute Gasteiger partial charge is 0.245 e. The molecule has 2 aromatic carbocycles. The second kappa shape index (κ2) is 6.83. The van der Waals surface area contributed by atoms with Crippen molar-refractivity contribution in [2.45, 2.75) is 26.1 Å². The molecule has 124 valence electrons. The van der Waals surface area contributed by atoms with Gasteiger partial charge < -0.3 is 9.80 Å². The molecule has 3 rings (SSSR count). The molecular formula is C19H19FN2O2. The largest absolute Gasteiger partial charge is 0.327 e. The van der Waals surface area contributed by atoms with Gasteiger partial charge in [-0.15, -0.1) is 0 Å². The Labute approximate surface area is 140 Å². The molecule has 0 unspecified atom stereocenters. The summed E-state index contributed by atoms with van der Waals surface area (Å²) in [5, 5.41) is 0. The number of halogens is 1. The minimum Gasteiger partial charge on any atom is -0.327 e. The summed E-state index contributed by atoms with van der Waals surface area (Å²) in [7, 11) is 0. The first-order chi connectivity index (χ1) is 11.5. The molecule has 1 aliphatic heterocycles. The first-order valence-electron chi connectivity index (χ1n) is 7.91. The summed E-state index contributed by atoms with van der Waals surface area (Å²) in [6.07, 6.45) is 0. The van der Waals surface area contributed by atoms with Crippen molar-refractivity contribution in [3.63, 3.8) is 0 Å². The molecule has 1 aliphatic rings. The number of piperazine rings is 1. The van der Waals surface area contributed by atoms with Gasteiger partial charge in [0.1, 0.15) is 18.4 Å². The van der Waals surface area contributed by atoms with Crippen LogP contribution in [0.3, 0.4) is 0 Å². The maximum absolute atomic E-state index is 13.3. The normalized spacial score (nSPS) is 18.2. The van der Waals surface area contributed by atoms with Crippen molar-refractivity contribution < 1.29 is 14.0 Å². The Balaban J connectivity index is 1.72. The molecule has 0 saturated carbocycles. The van der Waals surface area contributed by atoms with Crippen molar-refractivity contribution in [2.75, 3.05) is 6.54 Å². The molecule has 5 heteroatoms. The van der Waals surface area contributed by atoms with Crippen LogP contribution in [-0.2, 0) is 22.7 Å². The van der Waals surface area contributed by atoms with E-state index in [0.717, 1.165) is 5.56 Å². The first kappa shape index (κ1) is 16.2. The van der Waals surface area contributed by atoms with Crippen LogP contribution >= 0.6 is 0 Å². The fourth-order valence-electron chi connectivity index (χ4n) is 2.94. The summed E-state index contributed by atoms with van der Waals surface area (Å²) < 4.78 is 13.3. The van der Waals surface area contributed by atoms with E-state index < -0.39 is 6.04 Å². The number of amides is 2.